The molecule has 1 heterocycles. The highest BCUT2D eigenvalue weighted by Gasteiger charge is 2.37. The predicted molar refractivity (Wildman–Crippen MR) is 93.6 cm³/mol. The molecule has 2 aromatic rings. The van der Waals surface area contributed by atoms with E-state index in [2.05, 4.69) is 6.92 Å². The van der Waals surface area contributed by atoms with Gasteiger partial charge in [-0.25, -0.2) is 4.98 Å². The first-order chi connectivity index (χ1) is 10.2. The molecule has 0 aliphatic heterocycles. The Labute approximate surface area is 144 Å². The highest BCUT2D eigenvalue weighted by atomic mass is 79.9. The number of phenols is 2. The highest BCUT2D eigenvalue weighted by molar-refractivity contribution is 8.93. The molecule has 1 aromatic heterocycles. The zero-order valence-electron chi connectivity index (χ0n) is 12.5. The fourth-order valence-electron chi connectivity index (χ4n) is 3.89. The van der Waals surface area contributed by atoms with Gasteiger partial charge in [-0.2, -0.15) is 0 Å². The molecule has 0 amide bonds. The van der Waals surface area contributed by atoms with Crippen molar-refractivity contribution in [1.29, 1.82) is 0 Å². The van der Waals surface area contributed by atoms with Gasteiger partial charge in [0.2, 0.25) is 0 Å². The number of aryl methyl sites for hydroxylation is 3. The summed E-state index contributed by atoms with van der Waals surface area (Å²) in [6.45, 7) is 2.15. The summed E-state index contributed by atoms with van der Waals surface area (Å²) < 4.78 is 0. The third-order valence-electron chi connectivity index (χ3n) is 4.94. The van der Waals surface area contributed by atoms with Crippen molar-refractivity contribution in [1.82, 2.24) is 4.98 Å². The van der Waals surface area contributed by atoms with E-state index in [9.17, 15) is 10.2 Å². The first-order valence-corrected chi connectivity index (χ1v) is 8.52. The lowest BCUT2D eigenvalue weighted by Gasteiger charge is -2.36. The molecular weight excluding hydrogens is 362 g/mol. The monoisotopic (exact) mass is 381 g/mol. The Morgan fingerprint density at radius 1 is 1.18 bits per heavy atom. The van der Waals surface area contributed by atoms with Crippen LogP contribution in [-0.2, 0) is 19.3 Å². The maximum atomic E-state index is 9.90. The molecule has 2 aliphatic carbocycles. The Hall–Kier alpha value is -1.07. The van der Waals surface area contributed by atoms with E-state index in [0.717, 1.165) is 25.7 Å². The number of aromatic hydroxyl groups is 2. The third-order valence-corrected chi connectivity index (χ3v) is 6.21. The van der Waals surface area contributed by atoms with E-state index in [4.69, 9.17) is 4.98 Å². The van der Waals surface area contributed by atoms with Crippen molar-refractivity contribution in [3.05, 3.63) is 38.8 Å². The number of hydrogen-bond acceptors (Lipinski definition) is 4. The number of fused-ring (bicyclic) bond motifs is 5. The number of rotatable bonds is 1. The molecule has 4 rings (SSSR count). The number of halogens is 1. The molecule has 0 unspecified atom stereocenters. The molecule has 22 heavy (non-hydrogen) atoms. The van der Waals surface area contributed by atoms with Gasteiger partial charge >= 0.3 is 0 Å². The van der Waals surface area contributed by atoms with Gasteiger partial charge in [0, 0.05) is 10.8 Å². The standard InChI is InChI=1S/C17H19NO2S.BrH/c1-2-15-18-17-14(21-15)6-5-9-3-4-10-7-12(19)13(20)8-11(10)16(9)17;/h7-9,16,19-20H,2-6H2,1H3;1H/t9-,16-;/m0./s1. The van der Waals surface area contributed by atoms with Gasteiger partial charge in [0.1, 0.15) is 0 Å². The van der Waals surface area contributed by atoms with Crippen LogP contribution < -0.4 is 0 Å². The van der Waals surface area contributed by atoms with Crippen LogP contribution >= 0.6 is 28.3 Å². The van der Waals surface area contributed by atoms with E-state index in [1.807, 2.05) is 11.3 Å². The molecule has 0 saturated heterocycles. The summed E-state index contributed by atoms with van der Waals surface area (Å²) in [6.07, 6.45) is 5.49. The van der Waals surface area contributed by atoms with Crippen LogP contribution in [0.4, 0.5) is 0 Å². The van der Waals surface area contributed by atoms with E-state index < -0.39 is 0 Å². The summed E-state index contributed by atoms with van der Waals surface area (Å²) >= 11 is 1.85. The molecule has 0 bridgehead atoms. The van der Waals surface area contributed by atoms with Gasteiger partial charge in [-0.1, -0.05) is 6.92 Å². The number of hydrogen-bond donors (Lipinski definition) is 2. The molecule has 0 spiro atoms. The minimum atomic E-state index is -0.00697. The lowest BCUT2D eigenvalue weighted by atomic mass is 9.69. The van der Waals surface area contributed by atoms with E-state index in [1.54, 1.807) is 12.1 Å². The molecule has 118 valence electrons. The summed E-state index contributed by atoms with van der Waals surface area (Å²) in [5, 5.41) is 20.9. The van der Waals surface area contributed by atoms with E-state index >= 15 is 0 Å². The number of nitrogens with zero attached hydrogens (tertiary/aromatic N) is 1. The zero-order valence-corrected chi connectivity index (χ0v) is 15.0. The Morgan fingerprint density at radius 3 is 2.68 bits per heavy atom. The fourth-order valence-corrected chi connectivity index (χ4v) is 4.96. The number of aromatic nitrogens is 1. The van der Waals surface area contributed by atoms with Crippen molar-refractivity contribution < 1.29 is 10.2 Å². The van der Waals surface area contributed by atoms with Gasteiger partial charge in [-0.3, -0.25) is 0 Å². The Balaban J connectivity index is 0.00000144. The van der Waals surface area contributed by atoms with Crippen LogP contribution in [0.3, 0.4) is 0 Å². The Kier molecular flexibility index (Phi) is 4.21. The van der Waals surface area contributed by atoms with E-state index in [0.29, 0.717) is 11.8 Å². The summed E-state index contributed by atoms with van der Waals surface area (Å²) in [4.78, 5) is 6.30. The first kappa shape index (κ1) is 15.8. The minimum absolute atomic E-state index is 0. The van der Waals surface area contributed by atoms with Crippen LogP contribution in [0.1, 0.15) is 52.4 Å². The molecule has 0 saturated carbocycles. The lowest BCUT2D eigenvalue weighted by molar-refractivity contribution is 0.354. The second-order valence-corrected chi connectivity index (χ2v) is 7.29. The number of phenolic OH excluding ortho intramolecular Hbond substituents is 2. The molecule has 0 radical (unpaired) electrons. The van der Waals surface area contributed by atoms with Gasteiger partial charge in [0.25, 0.3) is 0 Å². The van der Waals surface area contributed by atoms with Crippen molar-refractivity contribution >= 4 is 28.3 Å². The topological polar surface area (TPSA) is 53.4 Å². The van der Waals surface area contributed by atoms with Crippen molar-refractivity contribution in [2.45, 2.75) is 44.9 Å². The van der Waals surface area contributed by atoms with Crippen molar-refractivity contribution in [2.75, 3.05) is 0 Å². The molecule has 2 N–H and O–H groups in total. The predicted octanol–water partition coefficient (Wildman–Crippen LogP) is 4.34. The SMILES string of the molecule is Br.CCc1nc2c(s1)CC[C@@H]1CCc3cc(O)c(O)cc3[C@@H]21. The quantitative estimate of drug-likeness (QED) is 0.722. The fraction of sp³-hybridized carbons (Fsp3) is 0.471. The zero-order chi connectivity index (χ0) is 14.6. The van der Waals surface area contributed by atoms with Crippen LogP contribution in [-0.4, -0.2) is 15.2 Å². The largest absolute Gasteiger partial charge is 0.504 e. The summed E-state index contributed by atoms with van der Waals surface area (Å²) in [5.74, 6) is 0.921. The maximum Gasteiger partial charge on any atom is 0.157 e. The smallest absolute Gasteiger partial charge is 0.157 e. The van der Waals surface area contributed by atoms with Gasteiger partial charge < -0.3 is 10.2 Å². The maximum absolute atomic E-state index is 9.90. The molecular formula is C17H20BrNO2S. The summed E-state index contributed by atoms with van der Waals surface area (Å²) in [5.41, 5.74) is 3.58. The first-order valence-electron chi connectivity index (χ1n) is 7.70. The molecule has 3 nitrogen and oxygen atoms in total. The van der Waals surface area contributed by atoms with E-state index in [-0.39, 0.29) is 28.5 Å². The summed E-state index contributed by atoms with van der Waals surface area (Å²) in [7, 11) is 0. The Bertz CT molecular complexity index is 713. The van der Waals surface area contributed by atoms with E-state index in [1.165, 1.54) is 33.1 Å². The van der Waals surface area contributed by atoms with Crippen molar-refractivity contribution in [2.24, 2.45) is 5.92 Å². The second-order valence-electron chi connectivity index (χ2n) is 6.12. The average molecular weight is 382 g/mol. The molecule has 0 fully saturated rings. The number of thiazole rings is 1. The molecule has 2 aliphatic rings. The average Bonchev–Trinajstić information content (AvgIpc) is 2.91. The third kappa shape index (κ3) is 2.35. The van der Waals surface area contributed by atoms with Crippen LogP contribution in [0.5, 0.6) is 11.5 Å². The Morgan fingerprint density at radius 2 is 1.91 bits per heavy atom. The minimum Gasteiger partial charge on any atom is -0.504 e. The second kappa shape index (κ2) is 5.85. The summed E-state index contributed by atoms with van der Waals surface area (Å²) in [6, 6.07) is 3.50. The highest BCUT2D eigenvalue weighted by Crippen LogP contribution is 2.49. The lowest BCUT2D eigenvalue weighted by Crippen LogP contribution is -2.26. The number of benzene rings is 1. The van der Waals surface area contributed by atoms with Crippen LogP contribution in [0.15, 0.2) is 12.1 Å². The molecule has 2 atom stereocenters. The normalized spacial score (nSPS) is 22.2. The van der Waals surface area contributed by atoms with Crippen molar-refractivity contribution in [3.8, 4) is 11.5 Å². The van der Waals surface area contributed by atoms with Crippen molar-refractivity contribution in [3.63, 3.8) is 0 Å². The van der Waals surface area contributed by atoms with Crippen LogP contribution in [0, 0.1) is 5.92 Å². The van der Waals surface area contributed by atoms with Crippen LogP contribution in [0.25, 0.3) is 0 Å². The van der Waals surface area contributed by atoms with Crippen LogP contribution in [0.2, 0.25) is 0 Å². The molecule has 5 heteroatoms. The van der Waals surface area contributed by atoms with Gasteiger partial charge in [-0.05, 0) is 61.3 Å². The van der Waals surface area contributed by atoms with Gasteiger partial charge in [0.15, 0.2) is 11.5 Å². The van der Waals surface area contributed by atoms with Gasteiger partial charge in [-0.15, -0.1) is 28.3 Å². The molecule has 1 aromatic carbocycles. The van der Waals surface area contributed by atoms with Gasteiger partial charge in [0.05, 0.1) is 10.7 Å².